The standard InChI is InChI=1S/C13H10BrNOS/c1-9(16)10-5-6-12(11(14)8-10)17-13-4-2-3-7-15-13/h2-8H,1H3. The van der Waals surface area contributed by atoms with E-state index in [1.165, 1.54) is 0 Å². The number of nitrogens with zero attached hydrogens (tertiary/aromatic N) is 1. The maximum Gasteiger partial charge on any atom is 0.159 e. The minimum atomic E-state index is 0.0695. The molecule has 0 unspecified atom stereocenters. The molecule has 86 valence electrons. The molecule has 1 heterocycles. The van der Waals surface area contributed by atoms with Gasteiger partial charge in [0.05, 0.1) is 0 Å². The topological polar surface area (TPSA) is 30.0 Å². The van der Waals surface area contributed by atoms with Gasteiger partial charge >= 0.3 is 0 Å². The second kappa shape index (κ2) is 5.47. The van der Waals surface area contributed by atoms with Crippen molar-refractivity contribution in [2.45, 2.75) is 16.8 Å². The van der Waals surface area contributed by atoms with Gasteiger partial charge in [0.1, 0.15) is 5.03 Å². The third-order valence-corrected chi connectivity index (χ3v) is 4.14. The van der Waals surface area contributed by atoms with Crippen molar-refractivity contribution in [1.82, 2.24) is 4.98 Å². The van der Waals surface area contributed by atoms with Crippen LogP contribution in [0, 0.1) is 0 Å². The Kier molecular flexibility index (Phi) is 3.97. The first-order valence-electron chi connectivity index (χ1n) is 5.06. The molecule has 1 aromatic heterocycles. The minimum absolute atomic E-state index is 0.0695. The zero-order valence-corrected chi connectivity index (χ0v) is 11.6. The van der Waals surface area contributed by atoms with Crippen LogP contribution in [-0.4, -0.2) is 10.8 Å². The Morgan fingerprint density at radius 2 is 2.12 bits per heavy atom. The zero-order valence-electron chi connectivity index (χ0n) is 9.18. The highest BCUT2D eigenvalue weighted by Crippen LogP contribution is 2.32. The van der Waals surface area contributed by atoms with Gasteiger partial charge in [-0.1, -0.05) is 23.9 Å². The zero-order chi connectivity index (χ0) is 12.3. The number of aromatic nitrogens is 1. The van der Waals surface area contributed by atoms with Crippen LogP contribution in [0.15, 0.2) is 57.0 Å². The summed E-state index contributed by atoms with van der Waals surface area (Å²) in [6.07, 6.45) is 1.76. The molecule has 0 bridgehead atoms. The Labute approximate surface area is 113 Å². The van der Waals surface area contributed by atoms with Crippen LogP contribution in [0.4, 0.5) is 0 Å². The number of pyridine rings is 1. The van der Waals surface area contributed by atoms with Gasteiger partial charge in [0.2, 0.25) is 0 Å². The molecular weight excluding hydrogens is 298 g/mol. The Balaban J connectivity index is 2.26. The first-order chi connectivity index (χ1) is 8.16. The fourth-order valence-corrected chi connectivity index (χ4v) is 2.72. The van der Waals surface area contributed by atoms with Gasteiger partial charge in [-0.25, -0.2) is 4.98 Å². The lowest BCUT2D eigenvalue weighted by Gasteiger charge is -2.04. The molecule has 4 heteroatoms. The van der Waals surface area contributed by atoms with Gasteiger partial charge in [-0.2, -0.15) is 0 Å². The number of carbonyl (C=O) groups excluding carboxylic acids is 1. The van der Waals surface area contributed by atoms with Crippen molar-refractivity contribution < 1.29 is 4.79 Å². The summed E-state index contributed by atoms with van der Waals surface area (Å²) >= 11 is 5.04. The summed E-state index contributed by atoms with van der Waals surface area (Å²) in [5, 5.41) is 0.934. The van der Waals surface area contributed by atoms with Crippen molar-refractivity contribution in [3.63, 3.8) is 0 Å². The molecule has 2 aromatic rings. The van der Waals surface area contributed by atoms with E-state index in [1.807, 2.05) is 36.4 Å². The molecule has 0 spiro atoms. The molecule has 2 nitrogen and oxygen atoms in total. The normalized spacial score (nSPS) is 10.2. The molecule has 1 aromatic carbocycles. The van der Waals surface area contributed by atoms with Crippen LogP contribution in [0.25, 0.3) is 0 Å². The average Bonchev–Trinajstić information content (AvgIpc) is 2.33. The van der Waals surface area contributed by atoms with Crippen molar-refractivity contribution in [2.75, 3.05) is 0 Å². The smallest absolute Gasteiger partial charge is 0.159 e. The van der Waals surface area contributed by atoms with E-state index in [0.717, 1.165) is 14.4 Å². The summed E-state index contributed by atoms with van der Waals surface area (Å²) in [5.41, 5.74) is 0.710. The maximum atomic E-state index is 11.2. The highest BCUT2D eigenvalue weighted by atomic mass is 79.9. The SMILES string of the molecule is CC(=O)c1ccc(Sc2ccccn2)c(Br)c1. The van der Waals surface area contributed by atoms with E-state index in [0.29, 0.717) is 5.56 Å². The van der Waals surface area contributed by atoms with Crippen LogP contribution in [0.2, 0.25) is 0 Å². The van der Waals surface area contributed by atoms with E-state index in [2.05, 4.69) is 20.9 Å². The first kappa shape index (κ1) is 12.3. The minimum Gasteiger partial charge on any atom is -0.295 e. The van der Waals surface area contributed by atoms with Crippen molar-refractivity contribution in [3.8, 4) is 0 Å². The highest BCUT2D eigenvalue weighted by molar-refractivity contribution is 9.10. The molecule has 0 aliphatic rings. The molecule has 17 heavy (non-hydrogen) atoms. The van der Waals surface area contributed by atoms with Crippen molar-refractivity contribution in [2.24, 2.45) is 0 Å². The van der Waals surface area contributed by atoms with Crippen LogP contribution in [0.1, 0.15) is 17.3 Å². The second-order valence-electron chi connectivity index (χ2n) is 3.47. The summed E-state index contributed by atoms with van der Waals surface area (Å²) < 4.78 is 0.917. The second-order valence-corrected chi connectivity index (χ2v) is 5.39. The molecule has 0 aliphatic carbocycles. The fourth-order valence-electron chi connectivity index (χ4n) is 1.32. The van der Waals surface area contributed by atoms with Crippen LogP contribution in [0.5, 0.6) is 0 Å². The summed E-state index contributed by atoms with van der Waals surface area (Å²) in [6, 6.07) is 11.4. The number of halogens is 1. The predicted molar refractivity (Wildman–Crippen MR) is 72.5 cm³/mol. The van der Waals surface area contributed by atoms with Gasteiger partial charge in [-0.05, 0) is 47.1 Å². The van der Waals surface area contributed by atoms with Crippen molar-refractivity contribution in [3.05, 3.63) is 52.6 Å². The number of carbonyl (C=O) groups is 1. The van der Waals surface area contributed by atoms with E-state index in [9.17, 15) is 4.79 Å². The summed E-state index contributed by atoms with van der Waals surface area (Å²) in [4.78, 5) is 16.5. The summed E-state index contributed by atoms with van der Waals surface area (Å²) in [7, 11) is 0. The van der Waals surface area contributed by atoms with Gasteiger partial charge in [0.25, 0.3) is 0 Å². The molecule has 0 atom stereocenters. The molecule has 0 amide bonds. The van der Waals surface area contributed by atoms with Crippen LogP contribution in [-0.2, 0) is 0 Å². The van der Waals surface area contributed by atoms with E-state index >= 15 is 0 Å². The first-order valence-corrected chi connectivity index (χ1v) is 6.67. The monoisotopic (exact) mass is 307 g/mol. The van der Waals surface area contributed by atoms with E-state index < -0.39 is 0 Å². The molecular formula is C13H10BrNOS. The number of hydrogen-bond acceptors (Lipinski definition) is 3. The lowest BCUT2D eigenvalue weighted by Crippen LogP contribution is -1.91. The van der Waals surface area contributed by atoms with Crippen molar-refractivity contribution >= 4 is 33.5 Å². The Morgan fingerprint density at radius 3 is 2.71 bits per heavy atom. The quantitative estimate of drug-likeness (QED) is 0.796. The van der Waals surface area contributed by atoms with E-state index in [4.69, 9.17) is 0 Å². The molecule has 0 N–H and O–H groups in total. The number of rotatable bonds is 3. The van der Waals surface area contributed by atoms with Gasteiger partial charge < -0.3 is 0 Å². The third kappa shape index (κ3) is 3.17. The van der Waals surface area contributed by atoms with Crippen LogP contribution in [0.3, 0.4) is 0 Å². The van der Waals surface area contributed by atoms with Gasteiger partial charge in [0.15, 0.2) is 5.78 Å². The molecule has 0 saturated heterocycles. The average molecular weight is 308 g/mol. The molecule has 2 rings (SSSR count). The molecule has 0 fully saturated rings. The van der Waals surface area contributed by atoms with Gasteiger partial charge in [-0.3, -0.25) is 4.79 Å². The van der Waals surface area contributed by atoms with Crippen LogP contribution >= 0.6 is 27.7 Å². The molecule has 0 aliphatic heterocycles. The number of benzene rings is 1. The Hall–Kier alpha value is -1.13. The Bertz CT molecular complexity index is 542. The maximum absolute atomic E-state index is 11.2. The number of ketones is 1. The van der Waals surface area contributed by atoms with Gasteiger partial charge in [0, 0.05) is 21.1 Å². The fraction of sp³-hybridized carbons (Fsp3) is 0.0769. The lowest BCUT2D eigenvalue weighted by molar-refractivity contribution is 0.101. The van der Waals surface area contributed by atoms with E-state index in [1.54, 1.807) is 24.9 Å². The summed E-state index contributed by atoms with van der Waals surface area (Å²) in [5.74, 6) is 0.0695. The van der Waals surface area contributed by atoms with E-state index in [-0.39, 0.29) is 5.78 Å². The molecule has 0 saturated carbocycles. The predicted octanol–water partition coefficient (Wildman–Crippen LogP) is 4.20. The third-order valence-electron chi connectivity index (χ3n) is 2.19. The van der Waals surface area contributed by atoms with Crippen molar-refractivity contribution in [1.29, 1.82) is 0 Å². The lowest BCUT2D eigenvalue weighted by atomic mass is 10.2. The highest BCUT2D eigenvalue weighted by Gasteiger charge is 2.06. The molecule has 0 radical (unpaired) electrons. The number of Topliss-reactive ketones (excluding diaryl/α,β-unsaturated/α-hetero) is 1. The summed E-state index contributed by atoms with van der Waals surface area (Å²) in [6.45, 7) is 1.56. The van der Waals surface area contributed by atoms with Crippen LogP contribution < -0.4 is 0 Å². The Morgan fingerprint density at radius 1 is 1.29 bits per heavy atom. The number of hydrogen-bond donors (Lipinski definition) is 0. The van der Waals surface area contributed by atoms with Gasteiger partial charge in [-0.15, -0.1) is 0 Å². The largest absolute Gasteiger partial charge is 0.295 e.